The van der Waals surface area contributed by atoms with E-state index in [2.05, 4.69) is 15.5 Å². The molecule has 106 valence electrons. The number of hydrogen-bond acceptors (Lipinski definition) is 5. The van der Waals surface area contributed by atoms with Crippen LogP contribution < -0.4 is 10.2 Å². The van der Waals surface area contributed by atoms with Crippen molar-refractivity contribution in [1.29, 1.82) is 0 Å². The third kappa shape index (κ3) is 5.08. The van der Waals surface area contributed by atoms with Gasteiger partial charge in [-0.25, -0.2) is 0 Å². The minimum Gasteiger partial charge on any atom is -0.334 e. The molecule has 0 spiro atoms. The Hall–Kier alpha value is -0.660. The highest BCUT2D eigenvalue weighted by molar-refractivity contribution is 8.01. The van der Waals surface area contributed by atoms with E-state index in [0.717, 1.165) is 16.5 Å². The van der Waals surface area contributed by atoms with E-state index in [9.17, 15) is 4.79 Å². The normalized spacial score (nSPS) is 15.8. The summed E-state index contributed by atoms with van der Waals surface area (Å²) in [6, 6.07) is 0. The van der Waals surface area contributed by atoms with Crippen LogP contribution in [-0.4, -0.2) is 41.5 Å². The Morgan fingerprint density at radius 1 is 1.42 bits per heavy atom. The first-order valence-electron chi connectivity index (χ1n) is 6.87. The molecule has 2 rings (SSSR count). The highest BCUT2D eigenvalue weighted by Crippen LogP contribution is 2.24. The number of quaternary nitrogens is 1. The molecule has 1 aromatic rings. The van der Waals surface area contributed by atoms with Crippen molar-refractivity contribution in [3.63, 3.8) is 0 Å². The molecule has 0 aromatic carbocycles. The number of thioether (sulfide) groups is 1. The molecular weight excluding hydrogens is 280 g/mol. The molecule has 0 aliphatic carbocycles. The SMILES string of the molecule is CCCC(=O)Nc1nnc(SCC[NH+]2CCCC2)s1. The first kappa shape index (κ1) is 14.7. The Morgan fingerprint density at radius 2 is 2.21 bits per heavy atom. The first-order valence-corrected chi connectivity index (χ1v) is 8.68. The summed E-state index contributed by atoms with van der Waals surface area (Å²) in [5, 5.41) is 11.5. The van der Waals surface area contributed by atoms with E-state index in [1.807, 2.05) is 6.92 Å². The lowest BCUT2D eigenvalue weighted by Crippen LogP contribution is -3.10. The molecule has 0 atom stereocenters. The van der Waals surface area contributed by atoms with Crippen LogP contribution in [0.25, 0.3) is 0 Å². The molecule has 1 fully saturated rings. The zero-order valence-electron chi connectivity index (χ0n) is 11.3. The molecule has 7 heteroatoms. The van der Waals surface area contributed by atoms with Gasteiger partial charge >= 0.3 is 0 Å². The zero-order chi connectivity index (χ0) is 13.5. The molecule has 1 aromatic heterocycles. The van der Waals surface area contributed by atoms with Gasteiger partial charge in [0.05, 0.1) is 19.6 Å². The Kier molecular flexibility index (Phi) is 6.06. The van der Waals surface area contributed by atoms with Gasteiger partial charge in [0.15, 0.2) is 4.34 Å². The van der Waals surface area contributed by atoms with Crippen LogP contribution in [0.2, 0.25) is 0 Å². The maximum Gasteiger partial charge on any atom is 0.226 e. The lowest BCUT2D eigenvalue weighted by molar-refractivity contribution is -0.884. The summed E-state index contributed by atoms with van der Waals surface area (Å²) in [5.74, 6) is 1.10. The molecule has 1 aliphatic heterocycles. The standard InChI is InChI=1S/C12H20N4OS2/c1-2-5-10(17)13-11-14-15-12(19-11)18-9-8-16-6-3-4-7-16/h2-9H2,1H3,(H,13,14,17)/p+1. The molecule has 19 heavy (non-hydrogen) atoms. The second kappa shape index (κ2) is 7.81. The van der Waals surface area contributed by atoms with E-state index < -0.39 is 0 Å². The lowest BCUT2D eigenvalue weighted by atomic mass is 10.3. The summed E-state index contributed by atoms with van der Waals surface area (Å²) in [5.41, 5.74) is 0. The fourth-order valence-corrected chi connectivity index (χ4v) is 4.02. The van der Waals surface area contributed by atoms with Crippen molar-refractivity contribution >= 4 is 34.1 Å². The maximum absolute atomic E-state index is 11.4. The van der Waals surface area contributed by atoms with E-state index in [0.29, 0.717) is 11.6 Å². The second-order valence-electron chi connectivity index (χ2n) is 4.73. The van der Waals surface area contributed by atoms with Crippen LogP contribution in [0.15, 0.2) is 4.34 Å². The third-order valence-electron chi connectivity index (χ3n) is 3.12. The summed E-state index contributed by atoms with van der Waals surface area (Å²) < 4.78 is 0.949. The minimum atomic E-state index is 0.0247. The van der Waals surface area contributed by atoms with Crippen LogP contribution in [0.4, 0.5) is 5.13 Å². The quantitative estimate of drug-likeness (QED) is 0.584. The largest absolute Gasteiger partial charge is 0.334 e. The van der Waals surface area contributed by atoms with Gasteiger partial charge in [-0.3, -0.25) is 4.79 Å². The van der Waals surface area contributed by atoms with Gasteiger partial charge in [-0.1, -0.05) is 30.0 Å². The molecule has 0 bridgehead atoms. The molecule has 2 heterocycles. The van der Waals surface area contributed by atoms with Crippen LogP contribution in [-0.2, 0) is 4.79 Å². The summed E-state index contributed by atoms with van der Waals surface area (Å²) in [6.45, 7) is 5.81. The zero-order valence-corrected chi connectivity index (χ0v) is 12.9. The molecule has 0 radical (unpaired) electrons. The first-order chi connectivity index (χ1) is 9.28. The number of carbonyl (C=O) groups is 1. The number of nitrogens with one attached hydrogen (secondary N) is 2. The van der Waals surface area contributed by atoms with Crippen molar-refractivity contribution in [2.45, 2.75) is 36.9 Å². The number of carbonyl (C=O) groups excluding carboxylic acids is 1. The highest BCUT2D eigenvalue weighted by Gasteiger charge is 2.15. The summed E-state index contributed by atoms with van der Waals surface area (Å²) in [6.07, 6.45) is 4.13. The predicted octanol–water partition coefficient (Wildman–Crippen LogP) is 1.05. The molecular formula is C12H21N4OS2+. The molecule has 2 N–H and O–H groups in total. The summed E-state index contributed by atoms with van der Waals surface area (Å²) >= 11 is 3.21. The highest BCUT2D eigenvalue weighted by atomic mass is 32.2. The number of aromatic nitrogens is 2. The van der Waals surface area contributed by atoms with E-state index in [-0.39, 0.29) is 5.91 Å². The molecule has 1 amide bonds. The average Bonchev–Trinajstić information content (AvgIpc) is 3.01. The smallest absolute Gasteiger partial charge is 0.226 e. The predicted molar refractivity (Wildman–Crippen MR) is 79.0 cm³/mol. The van der Waals surface area contributed by atoms with Crippen LogP contribution in [0.3, 0.4) is 0 Å². The van der Waals surface area contributed by atoms with Gasteiger partial charge in [0.1, 0.15) is 0 Å². The third-order valence-corrected chi connectivity index (χ3v) is 5.10. The van der Waals surface area contributed by atoms with E-state index in [1.165, 1.54) is 43.8 Å². The molecule has 1 saturated heterocycles. The maximum atomic E-state index is 11.4. The Bertz CT molecular complexity index is 404. The van der Waals surface area contributed by atoms with Crippen LogP contribution in [0.5, 0.6) is 0 Å². The van der Waals surface area contributed by atoms with Crippen molar-refractivity contribution in [2.75, 3.05) is 30.7 Å². The van der Waals surface area contributed by atoms with Gasteiger partial charge in [-0.05, 0) is 6.42 Å². The second-order valence-corrected chi connectivity index (χ2v) is 7.05. The Morgan fingerprint density at radius 3 is 2.95 bits per heavy atom. The molecule has 1 aliphatic rings. The molecule has 5 nitrogen and oxygen atoms in total. The molecule has 0 saturated carbocycles. The van der Waals surface area contributed by atoms with E-state index in [4.69, 9.17) is 0 Å². The van der Waals surface area contributed by atoms with Gasteiger partial charge in [-0.15, -0.1) is 10.2 Å². The van der Waals surface area contributed by atoms with Gasteiger partial charge in [0.25, 0.3) is 0 Å². The van der Waals surface area contributed by atoms with Crippen LogP contribution in [0, 0.1) is 0 Å². The average molecular weight is 301 g/mol. The fraction of sp³-hybridized carbons (Fsp3) is 0.750. The minimum absolute atomic E-state index is 0.0247. The topological polar surface area (TPSA) is 59.3 Å². The number of anilines is 1. The van der Waals surface area contributed by atoms with Crippen molar-refractivity contribution in [3.8, 4) is 0 Å². The van der Waals surface area contributed by atoms with Crippen molar-refractivity contribution in [3.05, 3.63) is 0 Å². The van der Waals surface area contributed by atoms with Crippen LogP contribution in [0.1, 0.15) is 32.6 Å². The van der Waals surface area contributed by atoms with Gasteiger partial charge in [0, 0.05) is 25.0 Å². The number of hydrogen-bond donors (Lipinski definition) is 2. The van der Waals surface area contributed by atoms with Crippen molar-refractivity contribution in [2.24, 2.45) is 0 Å². The van der Waals surface area contributed by atoms with Gasteiger partial charge in [0.2, 0.25) is 11.0 Å². The number of likely N-dealkylation sites (tertiary alicyclic amines) is 1. The summed E-state index contributed by atoms with van der Waals surface area (Å²) in [4.78, 5) is 13.1. The number of rotatable bonds is 7. The summed E-state index contributed by atoms with van der Waals surface area (Å²) in [7, 11) is 0. The Balaban J connectivity index is 1.69. The Labute approximate surface area is 122 Å². The number of amides is 1. The van der Waals surface area contributed by atoms with Crippen LogP contribution >= 0.6 is 23.1 Å². The van der Waals surface area contributed by atoms with Crippen molar-refractivity contribution in [1.82, 2.24) is 10.2 Å². The fourth-order valence-electron chi connectivity index (χ4n) is 2.14. The lowest BCUT2D eigenvalue weighted by Gasteiger charge is -2.10. The monoisotopic (exact) mass is 301 g/mol. The van der Waals surface area contributed by atoms with Gasteiger partial charge < -0.3 is 10.2 Å². The van der Waals surface area contributed by atoms with E-state index in [1.54, 1.807) is 16.7 Å². The molecule has 0 unspecified atom stereocenters. The van der Waals surface area contributed by atoms with Gasteiger partial charge in [-0.2, -0.15) is 0 Å². The van der Waals surface area contributed by atoms with E-state index >= 15 is 0 Å². The number of nitrogens with zero attached hydrogens (tertiary/aromatic N) is 2. The van der Waals surface area contributed by atoms with Crippen molar-refractivity contribution < 1.29 is 9.69 Å².